The fraction of sp³-hybridized carbons (Fsp3) is 0.250. The van der Waals surface area contributed by atoms with Crippen LogP contribution in [0.3, 0.4) is 0 Å². The van der Waals surface area contributed by atoms with Gasteiger partial charge in [0.25, 0.3) is 0 Å². The topological polar surface area (TPSA) is 61.5 Å². The molecule has 0 amide bonds. The van der Waals surface area contributed by atoms with Crippen LogP contribution in [0, 0.1) is 0 Å². The molecule has 1 aromatic heterocycles. The van der Waals surface area contributed by atoms with Crippen LogP contribution in [0.25, 0.3) is 0 Å². The van der Waals surface area contributed by atoms with E-state index in [0.29, 0.717) is 23.3 Å². The van der Waals surface area contributed by atoms with Crippen molar-refractivity contribution in [2.75, 3.05) is 13.7 Å². The lowest BCUT2D eigenvalue weighted by Gasteiger charge is -2.10. The Balaban J connectivity index is 1.70. The van der Waals surface area contributed by atoms with Crippen LogP contribution in [0.4, 0.5) is 0 Å². The van der Waals surface area contributed by atoms with Crippen LogP contribution < -0.4 is 9.47 Å². The fourth-order valence-corrected chi connectivity index (χ4v) is 3.53. The van der Waals surface area contributed by atoms with Crippen molar-refractivity contribution in [2.24, 2.45) is 5.10 Å². The van der Waals surface area contributed by atoms with E-state index >= 15 is 0 Å². The molecule has 2 aromatic carbocycles. The van der Waals surface area contributed by atoms with Crippen molar-refractivity contribution in [3.05, 3.63) is 64.9 Å². The van der Waals surface area contributed by atoms with Gasteiger partial charge in [0.15, 0.2) is 11.5 Å². The van der Waals surface area contributed by atoms with Crippen molar-refractivity contribution in [2.45, 2.75) is 24.3 Å². The van der Waals surface area contributed by atoms with Crippen LogP contribution in [0.1, 0.15) is 24.5 Å². The summed E-state index contributed by atoms with van der Waals surface area (Å²) < 4.78 is 12.7. The molecular weight excluding hydrogens is 396 g/mol. The van der Waals surface area contributed by atoms with Gasteiger partial charge in [-0.1, -0.05) is 48.5 Å². The molecule has 0 saturated heterocycles. The molecule has 28 heavy (non-hydrogen) atoms. The molecule has 0 radical (unpaired) electrons. The number of halogens is 1. The van der Waals surface area contributed by atoms with Crippen molar-refractivity contribution < 1.29 is 9.47 Å². The van der Waals surface area contributed by atoms with Crippen molar-refractivity contribution >= 4 is 29.6 Å². The molecule has 0 saturated carbocycles. The molecule has 0 bridgehead atoms. The van der Waals surface area contributed by atoms with Gasteiger partial charge in [-0.15, -0.1) is 10.2 Å². The molecule has 0 aliphatic carbocycles. The number of hydrogen-bond acceptors (Lipinski definition) is 6. The molecule has 0 atom stereocenters. The van der Waals surface area contributed by atoms with E-state index in [-0.39, 0.29) is 0 Å². The molecule has 3 aromatic rings. The summed E-state index contributed by atoms with van der Waals surface area (Å²) in [5.41, 5.74) is 1.93. The zero-order chi connectivity index (χ0) is 19.8. The first-order valence-corrected chi connectivity index (χ1v) is 10.2. The van der Waals surface area contributed by atoms with E-state index in [1.54, 1.807) is 24.3 Å². The van der Waals surface area contributed by atoms with Crippen LogP contribution in [-0.4, -0.2) is 34.8 Å². The maximum atomic E-state index is 6.21. The molecule has 1 heterocycles. The summed E-state index contributed by atoms with van der Waals surface area (Å²) in [6.07, 6.45) is 4.24. The lowest BCUT2D eigenvalue weighted by atomic mass is 10.2. The average molecular weight is 417 g/mol. The highest BCUT2D eigenvalue weighted by Crippen LogP contribution is 2.28. The smallest absolute Gasteiger partial charge is 0.212 e. The summed E-state index contributed by atoms with van der Waals surface area (Å²) in [5.74, 6) is 2.08. The number of ether oxygens (including phenoxy) is 2. The molecule has 0 spiro atoms. The third-order valence-electron chi connectivity index (χ3n) is 3.80. The standard InChI is InChI=1S/C20H21ClN4O2S/c1-3-10-27-18-9-8-15(11-19(18)26-2)12-23-25-14-22-24-20(25)28-13-16-6-4-5-7-17(16)21/h4-9,11-12,14H,3,10,13H2,1-2H3/b23-12+. The summed E-state index contributed by atoms with van der Waals surface area (Å²) in [6.45, 7) is 2.71. The van der Waals surface area contributed by atoms with Crippen molar-refractivity contribution in [1.82, 2.24) is 14.9 Å². The SMILES string of the molecule is CCCOc1ccc(/C=N/n2cnnc2SCc2ccccc2Cl)cc1OC. The number of nitrogens with zero attached hydrogens (tertiary/aromatic N) is 4. The Morgan fingerprint density at radius 1 is 1.21 bits per heavy atom. The van der Waals surface area contributed by atoms with Gasteiger partial charge in [-0.2, -0.15) is 9.78 Å². The predicted octanol–water partition coefficient (Wildman–Crippen LogP) is 4.90. The minimum atomic E-state index is 0.649. The van der Waals surface area contributed by atoms with Crippen molar-refractivity contribution in [1.29, 1.82) is 0 Å². The molecule has 0 aliphatic rings. The van der Waals surface area contributed by atoms with Gasteiger partial charge in [0.1, 0.15) is 6.33 Å². The number of thioether (sulfide) groups is 1. The quantitative estimate of drug-likeness (QED) is 0.366. The molecule has 0 aliphatic heterocycles. The first kappa shape index (κ1) is 20.2. The molecule has 146 valence electrons. The number of methoxy groups -OCH3 is 1. The Hall–Kier alpha value is -2.51. The van der Waals surface area contributed by atoms with Gasteiger partial charge in [0.05, 0.1) is 19.9 Å². The Morgan fingerprint density at radius 2 is 2.07 bits per heavy atom. The molecule has 6 nitrogen and oxygen atoms in total. The van der Waals surface area contributed by atoms with E-state index in [9.17, 15) is 0 Å². The van der Waals surface area contributed by atoms with E-state index in [1.165, 1.54) is 11.8 Å². The maximum absolute atomic E-state index is 6.21. The third-order valence-corrected chi connectivity index (χ3v) is 5.15. The molecular formula is C20H21ClN4O2S. The van der Waals surface area contributed by atoms with E-state index < -0.39 is 0 Å². The van der Waals surface area contributed by atoms with Crippen LogP contribution >= 0.6 is 23.4 Å². The van der Waals surface area contributed by atoms with E-state index in [2.05, 4.69) is 22.2 Å². The molecule has 8 heteroatoms. The summed E-state index contributed by atoms with van der Waals surface area (Å²) in [6, 6.07) is 13.4. The number of aromatic nitrogens is 3. The Labute approximate surface area is 173 Å². The first-order chi connectivity index (χ1) is 13.7. The summed E-state index contributed by atoms with van der Waals surface area (Å²) in [7, 11) is 1.62. The number of rotatable bonds is 9. The highest BCUT2D eigenvalue weighted by Gasteiger charge is 2.08. The Bertz CT molecular complexity index is 945. The average Bonchev–Trinajstić information content (AvgIpc) is 3.17. The van der Waals surface area contributed by atoms with Gasteiger partial charge in [-0.25, -0.2) is 0 Å². The minimum Gasteiger partial charge on any atom is -0.493 e. The zero-order valence-corrected chi connectivity index (χ0v) is 17.3. The second-order valence-corrected chi connectivity index (χ2v) is 7.19. The second-order valence-electron chi connectivity index (χ2n) is 5.84. The lowest BCUT2D eigenvalue weighted by molar-refractivity contribution is 0.294. The zero-order valence-electron chi connectivity index (χ0n) is 15.7. The molecule has 3 rings (SSSR count). The fourth-order valence-electron chi connectivity index (χ4n) is 2.38. The van der Waals surface area contributed by atoms with Crippen LogP contribution in [0.2, 0.25) is 5.02 Å². The number of hydrogen-bond donors (Lipinski definition) is 0. The third kappa shape index (κ3) is 5.27. The molecule has 0 fully saturated rings. The van der Waals surface area contributed by atoms with Gasteiger partial charge in [-0.05, 0) is 41.8 Å². The summed E-state index contributed by atoms with van der Waals surface area (Å²) in [5, 5.41) is 14.0. The van der Waals surface area contributed by atoms with Crippen molar-refractivity contribution in [3.8, 4) is 11.5 Å². The number of benzene rings is 2. The Morgan fingerprint density at radius 3 is 2.86 bits per heavy atom. The lowest BCUT2D eigenvalue weighted by Crippen LogP contribution is -1.99. The van der Waals surface area contributed by atoms with Crippen molar-refractivity contribution in [3.63, 3.8) is 0 Å². The first-order valence-electron chi connectivity index (χ1n) is 8.82. The summed E-state index contributed by atoms with van der Waals surface area (Å²) in [4.78, 5) is 0. The summed E-state index contributed by atoms with van der Waals surface area (Å²) >= 11 is 7.73. The Kier molecular flexibility index (Phi) is 7.33. The van der Waals surface area contributed by atoms with Gasteiger partial charge in [0.2, 0.25) is 5.16 Å². The molecule has 0 N–H and O–H groups in total. The molecule has 0 unspecified atom stereocenters. The van der Waals surface area contributed by atoms with Gasteiger partial charge in [0, 0.05) is 10.8 Å². The van der Waals surface area contributed by atoms with Gasteiger partial charge in [-0.3, -0.25) is 0 Å². The van der Waals surface area contributed by atoms with Crippen LogP contribution in [0.5, 0.6) is 11.5 Å². The maximum Gasteiger partial charge on any atom is 0.212 e. The highest BCUT2D eigenvalue weighted by atomic mass is 35.5. The largest absolute Gasteiger partial charge is 0.493 e. The van der Waals surface area contributed by atoms with Gasteiger partial charge < -0.3 is 9.47 Å². The van der Waals surface area contributed by atoms with E-state index in [0.717, 1.165) is 28.3 Å². The second kappa shape index (κ2) is 10.1. The van der Waals surface area contributed by atoms with E-state index in [1.807, 2.05) is 42.5 Å². The monoisotopic (exact) mass is 416 g/mol. The highest BCUT2D eigenvalue weighted by molar-refractivity contribution is 7.98. The minimum absolute atomic E-state index is 0.649. The predicted molar refractivity (Wildman–Crippen MR) is 113 cm³/mol. The van der Waals surface area contributed by atoms with E-state index in [4.69, 9.17) is 21.1 Å². The normalized spacial score (nSPS) is 11.1. The van der Waals surface area contributed by atoms with Crippen LogP contribution in [0.15, 0.2) is 59.0 Å². The van der Waals surface area contributed by atoms with Gasteiger partial charge >= 0.3 is 0 Å². The van der Waals surface area contributed by atoms with Crippen LogP contribution in [-0.2, 0) is 5.75 Å².